The summed E-state index contributed by atoms with van der Waals surface area (Å²) in [5.41, 5.74) is 0. The fraction of sp³-hybridized carbons (Fsp3) is 0. The van der Waals surface area contributed by atoms with Gasteiger partial charge < -0.3 is 0 Å². The van der Waals surface area contributed by atoms with Crippen LogP contribution in [0.4, 0.5) is 0 Å². The van der Waals surface area contributed by atoms with Crippen molar-refractivity contribution in [1.82, 2.24) is 0 Å². The van der Waals surface area contributed by atoms with Crippen molar-refractivity contribution in [2.24, 2.45) is 0 Å². The third-order valence-corrected chi connectivity index (χ3v) is 2.59. The number of hydrogen-bond donors (Lipinski definition) is 0. The first-order valence-corrected chi connectivity index (χ1v) is 11.9. The van der Waals surface area contributed by atoms with Crippen molar-refractivity contribution >= 4 is 35.2 Å². The first-order valence-electron chi connectivity index (χ1n) is 4.99. The Hall–Kier alpha value is -0.717. The molecule has 0 nitrogen and oxygen atoms in total. The van der Waals surface area contributed by atoms with E-state index in [0.717, 1.165) is 0 Å². The molecule has 0 saturated heterocycles. The van der Waals surface area contributed by atoms with E-state index in [4.69, 9.17) is 0 Å². The molecule has 3 rings (SSSR count). The summed E-state index contributed by atoms with van der Waals surface area (Å²) in [6.07, 6.45) is 0. The fourth-order valence-electron chi connectivity index (χ4n) is 1.89. The van der Waals surface area contributed by atoms with Gasteiger partial charge in [-0.05, 0) is 10.8 Å². The Labute approximate surface area is 112 Å². The van der Waals surface area contributed by atoms with E-state index in [-0.39, 0.29) is 0 Å². The second-order valence-corrected chi connectivity index (χ2v) is 3.43. The Morgan fingerprint density at radius 2 is 1.50 bits per heavy atom. The Morgan fingerprint density at radius 3 is 2.38 bits per heavy atom. The van der Waals surface area contributed by atoms with E-state index in [2.05, 4.69) is 62.2 Å². The summed E-state index contributed by atoms with van der Waals surface area (Å²) in [5, 5.41) is 5.18. The zero-order valence-electron chi connectivity index (χ0n) is 8.78. The van der Waals surface area contributed by atoms with Crippen LogP contribution in [-0.2, 0) is 16.3 Å². The molecule has 0 spiro atoms. The van der Waals surface area contributed by atoms with Crippen LogP contribution in [0.25, 0.3) is 21.5 Å². The van der Waals surface area contributed by atoms with Crippen LogP contribution in [0.3, 0.4) is 0 Å². The summed E-state index contributed by atoms with van der Waals surface area (Å²) in [6.45, 7) is 0. The summed E-state index contributed by atoms with van der Waals surface area (Å²) in [6, 6.07) is 22.0. The third kappa shape index (κ3) is 2.19. The van der Waals surface area contributed by atoms with Crippen molar-refractivity contribution in [3.8, 4) is 0 Å². The van der Waals surface area contributed by atoms with E-state index in [9.17, 15) is 0 Å². The molecule has 0 radical (unpaired) electrons. The molecule has 0 atom stereocenters. The predicted octanol–water partition coefficient (Wildman–Crippen LogP) is 4.64. The van der Waals surface area contributed by atoms with Gasteiger partial charge in [0, 0.05) is 0 Å². The van der Waals surface area contributed by atoms with E-state index >= 15 is 0 Å². The molecule has 3 aromatic rings. The average molecular weight is 323 g/mol. The van der Waals surface area contributed by atoms with Gasteiger partial charge in [0.2, 0.25) is 0 Å². The predicted molar refractivity (Wildman–Crippen MR) is 69.2 cm³/mol. The van der Waals surface area contributed by atoms with Gasteiger partial charge in [0.15, 0.2) is 0 Å². The summed E-state index contributed by atoms with van der Waals surface area (Å²) >= 11 is 4.25. The molecule has 74 valence electrons. The number of benzene rings is 3. The van der Waals surface area contributed by atoms with E-state index in [1.165, 1.54) is 37.9 Å². The van der Waals surface area contributed by atoms with Gasteiger partial charge in [0.25, 0.3) is 0 Å². The standard InChI is InChI=1S/C14H9.BrH.Zn/c1-3-7-13-11(5-1)9-10-12-6-2-4-8-14(12)13;;/h1,3-10H;1H;/q-1;;+2/p-1. The molecule has 0 aliphatic heterocycles. The average Bonchev–Trinajstić information content (AvgIpc) is 2.41. The SMILES string of the molecule is [Zn+][Br].[c-]1ccc2c(c1)ccc1ccccc12. The Balaban J connectivity index is 0.000000457. The molecule has 16 heavy (non-hydrogen) atoms. The maximum absolute atomic E-state index is 3.10. The van der Waals surface area contributed by atoms with Gasteiger partial charge in [-0.1, -0.05) is 30.3 Å². The van der Waals surface area contributed by atoms with Gasteiger partial charge in [0.05, 0.1) is 0 Å². The fourth-order valence-corrected chi connectivity index (χ4v) is 1.89. The van der Waals surface area contributed by atoms with Crippen molar-refractivity contribution < 1.29 is 16.3 Å². The van der Waals surface area contributed by atoms with Gasteiger partial charge in [0.1, 0.15) is 0 Å². The topological polar surface area (TPSA) is 0 Å². The molecule has 0 amide bonds. The third-order valence-electron chi connectivity index (χ3n) is 2.59. The number of fused-ring (bicyclic) bond motifs is 3. The van der Waals surface area contributed by atoms with Crippen LogP contribution < -0.4 is 0 Å². The normalized spacial score (nSPS) is 9.94. The molecule has 3 aromatic carbocycles. The van der Waals surface area contributed by atoms with Gasteiger partial charge >= 0.3 is 30.0 Å². The first kappa shape index (κ1) is 11.8. The summed E-state index contributed by atoms with van der Waals surface area (Å²) in [4.78, 5) is 0. The minimum absolute atomic E-state index is 1.19. The van der Waals surface area contributed by atoms with E-state index in [1.807, 2.05) is 12.1 Å². The van der Waals surface area contributed by atoms with Crippen molar-refractivity contribution in [2.75, 3.05) is 0 Å². The number of hydrogen-bond acceptors (Lipinski definition) is 0. The molecule has 0 N–H and O–H groups in total. The number of rotatable bonds is 0. The minimum atomic E-state index is 1.19. The maximum atomic E-state index is 3.10. The van der Waals surface area contributed by atoms with Gasteiger partial charge in [-0.25, -0.2) is 0 Å². The molecule has 0 fully saturated rings. The monoisotopic (exact) mass is 320 g/mol. The van der Waals surface area contributed by atoms with Crippen molar-refractivity contribution in [3.63, 3.8) is 0 Å². The van der Waals surface area contributed by atoms with Crippen molar-refractivity contribution in [2.45, 2.75) is 0 Å². The van der Waals surface area contributed by atoms with Gasteiger partial charge in [-0.2, -0.15) is 24.3 Å². The Morgan fingerprint density at radius 1 is 0.812 bits per heavy atom. The zero-order valence-corrected chi connectivity index (χ0v) is 13.3. The maximum Gasteiger partial charge on any atom is -0.0209 e. The number of halogens is 1. The molecule has 2 heteroatoms. The Kier molecular flexibility index (Phi) is 4.09. The van der Waals surface area contributed by atoms with Crippen LogP contribution >= 0.6 is 13.6 Å². The molecular formula is C14H9BrZn. The first-order chi connectivity index (χ1) is 7.95. The molecule has 0 bridgehead atoms. The zero-order chi connectivity index (χ0) is 11.4. The molecule has 0 aliphatic rings. The van der Waals surface area contributed by atoms with Gasteiger partial charge in [-0.15, -0.1) is 16.8 Å². The van der Waals surface area contributed by atoms with Crippen LogP contribution in [0.2, 0.25) is 0 Å². The molecule has 0 aliphatic carbocycles. The summed E-state index contributed by atoms with van der Waals surface area (Å²) in [5.74, 6) is 0. The summed E-state index contributed by atoms with van der Waals surface area (Å²) in [7, 11) is 0. The second kappa shape index (κ2) is 5.56. The van der Waals surface area contributed by atoms with Crippen molar-refractivity contribution in [1.29, 1.82) is 0 Å². The smallest absolute Gasteiger partial charge is 0.0209 e. The Bertz CT molecular complexity index is 550. The molecule has 0 saturated carbocycles. The largest absolute Gasteiger partial charge is 0.183 e. The summed E-state index contributed by atoms with van der Waals surface area (Å²) < 4.78 is 0. The van der Waals surface area contributed by atoms with Crippen LogP contribution in [0.5, 0.6) is 0 Å². The molecular weight excluding hydrogens is 313 g/mol. The van der Waals surface area contributed by atoms with Crippen LogP contribution in [0.15, 0.2) is 54.6 Å². The van der Waals surface area contributed by atoms with E-state index in [0.29, 0.717) is 0 Å². The minimum Gasteiger partial charge on any atom is -0.183 e. The quantitative estimate of drug-likeness (QED) is 0.321. The molecule has 0 heterocycles. The van der Waals surface area contributed by atoms with E-state index < -0.39 is 0 Å². The van der Waals surface area contributed by atoms with Crippen LogP contribution in [0, 0.1) is 6.07 Å². The van der Waals surface area contributed by atoms with E-state index in [1.54, 1.807) is 0 Å². The molecule has 0 aromatic heterocycles. The van der Waals surface area contributed by atoms with Gasteiger partial charge in [-0.3, -0.25) is 0 Å². The van der Waals surface area contributed by atoms with Crippen LogP contribution in [-0.4, -0.2) is 0 Å². The van der Waals surface area contributed by atoms with Crippen LogP contribution in [0.1, 0.15) is 0 Å². The van der Waals surface area contributed by atoms with Crippen molar-refractivity contribution in [3.05, 3.63) is 60.7 Å². The molecule has 0 unspecified atom stereocenters. The second-order valence-electron chi connectivity index (χ2n) is 3.43.